The Morgan fingerprint density at radius 2 is 1.65 bits per heavy atom. The summed E-state index contributed by atoms with van der Waals surface area (Å²) in [4.78, 5) is 4.26. The zero-order valence-corrected chi connectivity index (χ0v) is 12.1. The van der Waals surface area contributed by atoms with Crippen molar-refractivity contribution in [2.45, 2.75) is 0 Å². The zero-order chi connectivity index (χ0) is 13.5. The summed E-state index contributed by atoms with van der Waals surface area (Å²) < 4.78 is 6.90. The third-order valence-corrected chi connectivity index (χ3v) is 3.96. The Kier molecular flexibility index (Phi) is 2.60. The summed E-state index contributed by atoms with van der Waals surface area (Å²) in [5, 5.41) is 2.17. The fourth-order valence-corrected chi connectivity index (χ4v) is 2.70. The van der Waals surface area contributed by atoms with Crippen LogP contribution in [0.1, 0.15) is 0 Å². The van der Waals surface area contributed by atoms with Crippen molar-refractivity contribution in [1.29, 1.82) is 0 Å². The van der Waals surface area contributed by atoms with Gasteiger partial charge >= 0.3 is 0 Å². The summed E-state index contributed by atoms with van der Waals surface area (Å²) in [7, 11) is 0. The van der Waals surface area contributed by atoms with Gasteiger partial charge in [-0.25, -0.2) is 4.98 Å². The van der Waals surface area contributed by atoms with Crippen LogP contribution in [0.15, 0.2) is 69.7 Å². The van der Waals surface area contributed by atoms with Crippen molar-refractivity contribution in [3.8, 4) is 11.1 Å². The van der Waals surface area contributed by atoms with Gasteiger partial charge in [-0.1, -0.05) is 34.1 Å². The standard InChI is InChI=1S/C17H10BrNO/c18-13-6-3-11(4-7-13)12-5-8-14-15-2-1-9-19-17(15)20-16(14)10-12/h1-10H. The summed E-state index contributed by atoms with van der Waals surface area (Å²) in [6.45, 7) is 0. The van der Waals surface area contributed by atoms with Crippen LogP contribution in [0.2, 0.25) is 0 Å². The molecule has 0 atom stereocenters. The molecule has 4 aromatic rings. The summed E-state index contributed by atoms with van der Waals surface area (Å²) in [6, 6.07) is 18.5. The van der Waals surface area contributed by atoms with E-state index in [-0.39, 0.29) is 0 Å². The maximum Gasteiger partial charge on any atom is 0.227 e. The van der Waals surface area contributed by atoms with Gasteiger partial charge in [-0.3, -0.25) is 0 Å². The van der Waals surface area contributed by atoms with Crippen LogP contribution >= 0.6 is 15.9 Å². The van der Waals surface area contributed by atoms with E-state index in [1.807, 2.05) is 24.3 Å². The number of benzene rings is 2. The van der Waals surface area contributed by atoms with Crippen molar-refractivity contribution >= 4 is 38.0 Å². The molecule has 0 aliphatic heterocycles. The van der Waals surface area contributed by atoms with Crippen LogP contribution < -0.4 is 0 Å². The third-order valence-electron chi connectivity index (χ3n) is 3.43. The Balaban J connectivity index is 1.94. The molecule has 0 amide bonds. The van der Waals surface area contributed by atoms with Crippen molar-refractivity contribution in [3.05, 3.63) is 65.3 Å². The fourth-order valence-electron chi connectivity index (χ4n) is 2.43. The maximum absolute atomic E-state index is 5.82. The predicted molar refractivity (Wildman–Crippen MR) is 84.7 cm³/mol. The molecule has 2 aromatic heterocycles. The van der Waals surface area contributed by atoms with E-state index in [0.29, 0.717) is 5.71 Å². The maximum atomic E-state index is 5.82. The quantitative estimate of drug-likeness (QED) is 0.468. The van der Waals surface area contributed by atoms with Crippen LogP contribution in [-0.4, -0.2) is 4.98 Å². The molecule has 0 aliphatic rings. The second-order valence-corrected chi connectivity index (χ2v) is 5.59. The molecule has 2 heterocycles. The van der Waals surface area contributed by atoms with Gasteiger partial charge in [0.25, 0.3) is 0 Å². The summed E-state index contributed by atoms with van der Waals surface area (Å²) in [5.74, 6) is 0. The van der Waals surface area contributed by atoms with E-state index >= 15 is 0 Å². The molecule has 3 heteroatoms. The smallest absolute Gasteiger partial charge is 0.227 e. The molecule has 0 unspecified atom stereocenters. The first kappa shape index (κ1) is 11.7. The van der Waals surface area contributed by atoms with E-state index in [2.05, 4.69) is 51.2 Å². The zero-order valence-electron chi connectivity index (χ0n) is 10.5. The molecule has 0 bridgehead atoms. The monoisotopic (exact) mass is 323 g/mol. The van der Waals surface area contributed by atoms with Gasteiger partial charge in [-0.15, -0.1) is 0 Å². The minimum atomic E-state index is 0.690. The van der Waals surface area contributed by atoms with E-state index in [1.165, 1.54) is 5.56 Å². The first-order valence-electron chi connectivity index (χ1n) is 6.34. The fraction of sp³-hybridized carbons (Fsp3) is 0. The van der Waals surface area contributed by atoms with Crippen LogP contribution in [-0.2, 0) is 0 Å². The van der Waals surface area contributed by atoms with Gasteiger partial charge in [0.1, 0.15) is 5.58 Å². The molecule has 0 N–H and O–H groups in total. The number of furan rings is 1. The van der Waals surface area contributed by atoms with Crippen molar-refractivity contribution in [3.63, 3.8) is 0 Å². The molecular formula is C17H10BrNO. The summed E-state index contributed by atoms with van der Waals surface area (Å²) >= 11 is 3.45. The normalized spacial score (nSPS) is 11.2. The number of hydrogen-bond donors (Lipinski definition) is 0. The number of rotatable bonds is 1. The van der Waals surface area contributed by atoms with E-state index in [4.69, 9.17) is 4.42 Å². The first-order valence-corrected chi connectivity index (χ1v) is 7.14. The number of aromatic nitrogens is 1. The summed E-state index contributed by atoms with van der Waals surface area (Å²) in [6.07, 6.45) is 1.75. The molecule has 96 valence electrons. The van der Waals surface area contributed by atoms with Gasteiger partial charge in [0, 0.05) is 21.4 Å². The minimum absolute atomic E-state index is 0.690. The lowest BCUT2D eigenvalue weighted by Crippen LogP contribution is -1.77. The molecule has 0 saturated carbocycles. The summed E-state index contributed by atoms with van der Waals surface area (Å²) in [5.41, 5.74) is 3.88. The van der Waals surface area contributed by atoms with Crippen molar-refractivity contribution in [2.24, 2.45) is 0 Å². The lowest BCUT2D eigenvalue weighted by Gasteiger charge is -2.01. The number of fused-ring (bicyclic) bond motifs is 3. The lowest BCUT2D eigenvalue weighted by molar-refractivity contribution is 0.654. The molecule has 4 rings (SSSR count). The number of pyridine rings is 1. The molecule has 0 fully saturated rings. The Bertz CT molecular complexity index is 909. The molecule has 2 nitrogen and oxygen atoms in total. The second kappa shape index (κ2) is 4.46. The van der Waals surface area contributed by atoms with E-state index in [0.717, 1.165) is 26.4 Å². The highest BCUT2D eigenvalue weighted by Crippen LogP contribution is 2.31. The molecular weight excluding hydrogens is 314 g/mol. The SMILES string of the molecule is Brc1ccc(-c2ccc3c(c2)oc2ncccc23)cc1. The number of nitrogens with zero attached hydrogens (tertiary/aromatic N) is 1. The molecule has 0 spiro atoms. The Morgan fingerprint density at radius 1 is 0.850 bits per heavy atom. The van der Waals surface area contributed by atoms with Crippen LogP contribution in [0.5, 0.6) is 0 Å². The van der Waals surface area contributed by atoms with E-state index in [9.17, 15) is 0 Å². The van der Waals surface area contributed by atoms with Crippen molar-refractivity contribution < 1.29 is 4.42 Å². The Hall–Kier alpha value is -2.13. The largest absolute Gasteiger partial charge is 0.438 e. The first-order chi connectivity index (χ1) is 9.81. The van der Waals surface area contributed by atoms with Crippen LogP contribution in [0, 0.1) is 0 Å². The predicted octanol–water partition coefficient (Wildman–Crippen LogP) is 5.41. The Labute approximate surface area is 124 Å². The lowest BCUT2D eigenvalue weighted by atomic mass is 10.0. The average molecular weight is 324 g/mol. The van der Waals surface area contributed by atoms with Gasteiger partial charge < -0.3 is 4.42 Å². The number of halogens is 1. The van der Waals surface area contributed by atoms with Gasteiger partial charge in [-0.2, -0.15) is 0 Å². The minimum Gasteiger partial charge on any atom is -0.438 e. The third kappa shape index (κ3) is 1.82. The molecule has 20 heavy (non-hydrogen) atoms. The van der Waals surface area contributed by atoms with E-state index < -0.39 is 0 Å². The van der Waals surface area contributed by atoms with Crippen LogP contribution in [0.3, 0.4) is 0 Å². The van der Waals surface area contributed by atoms with Crippen LogP contribution in [0.25, 0.3) is 33.2 Å². The van der Waals surface area contributed by atoms with Crippen LogP contribution in [0.4, 0.5) is 0 Å². The molecule has 0 aliphatic carbocycles. The van der Waals surface area contributed by atoms with Gasteiger partial charge in [0.05, 0.1) is 0 Å². The highest BCUT2D eigenvalue weighted by atomic mass is 79.9. The topological polar surface area (TPSA) is 26.0 Å². The highest BCUT2D eigenvalue weighted by Gasteiger charge is 2.08. The Morgan fingerprint density at radius 3 is 2.50 bits per heavy atom. The molecule has 0 radical (unpaired) electrons. The van der Waals surface area contributed by atoms with Crippen molar-refractivity contribution in [1.82, 2.24) is 4.98 Å². The highest BCUT2D eigenvalue weighted by molar-refractivity contribution is 9.10. The van der Waals surface area contributed by atoms with Gasteiger partial charge in [0.2, 0.25) is 5.71 Å². The molecule has 0 saturated heterocycles. The second-order valence-electron chi connectivity index (χ2n) is 4.68. The van der Waals surface area contributed by atoms with E-state index in [1.54, 1.807) is 6.20 Å². The van der Waals surface area contributed by atoms with Gasteiger partial charge in [0.15, 0.2) is 0 Å². The average Bonchev–Trinajstić information content (AvgIpc) is 2.85. The van der Waals surface area contributed by atoms with Crippen molar-refractivity contribution in [2.75, 3.05) is 0 Å². The molecule has 2 aromatic carbocycles. The number of hydrogen-bond acceptors (Lipinski definition) is 2. The van der Waals surface area contributed by atoms with Gasteiger partial charge in [-0.05, 0) is 47.5 Å².